The summed E-state index contributed by atoms with van der Waals surface area (Å²) in [5.74, 6) is 1.86. The van der Waals surface area contributed by atoms with E-state index in [0.29, 0.717) is 0 Å². The number of hydrogen-bond donors (Lipinski definition) is 0. The van der Waals surface area contributed by atoms with Crippen molar-refractivity contribution in [3.05, 3.63) is 168 Å². The molecule has 2 aliphatic rings. The summed E-state index contributed by atoms with van der Waals surface area (Å²) in [5, 5.41) is 4.65. The molecule has 298 valence electrons. The van der Waals surface area contributed by atoms with Crippen molar-refractivity contribution in [2.45, 2.75) is 40.0 Å². The van der Waals surface area contributed by atoms with Crippen LogP contribution in [0.3, 0.4) is 0 Å². The fourth-order valence-corrected chi connectivity index (χ4v) is 11.3. The van der Waals surface area contributed by atoms with Gasteiger partial charge in [0.25, 0.3) is 6.71 Å². The number of aryl methyl sites for hydroxylation is 2. The second-order valence-corrected chi connectivity index (χ2v) is 18.7. The summed E-state index contributed by atoms with van der Waals surface area (Å²) < 4.78 is 14.2. The molecule has 0 atom stereocenters. The summed E-state index contributed by atoms with van der Waals surface area (Å²) in [7, 11) is 0. The Morgan fingerprint density at radius 3 is 2.06 bits per heavy atom. The molecule has 0 fully saturated rings. The first-order valence-electron chi connectivity index (χ1n) is 22.0. The van der Waals surface area contributed by atoms with Crippen LogP contribution in [0.2, 0.25) is 0 Å². The first-order chi connectivity index (χ1) is 30.7. The number of nitrogens with zero attached hydrogens (tertiary/aromatic N) is 5. The molecule has 7 heteroatoms. The van der Waals surface area contributed by atoms with Crippen LogP contribution in [-0.4, -0.2) is 30.4 Å². The fraction of sp³-hybridized carbons (Fsp3) is 0.107. The normalized spacial score (nSPS) is 13.1. The SMILES string of the molecule is Cc1cccc(C)c1-c1nc2c3oc4ccc(C(C)(C)C)cc4c3cc3c2n1-c1cccc2c1B3c1cccc3nc(-c4cccc5c6ccccc6n(-c6ccccc6)c45)n-2c13. The Labute approximate surface area is 363 Å². The van der Waals surface area contributed by atoms with Crippen molar-refractivity contribution in [2.24, 2.45) is 0 Å². The van der Waals surface area contributed by atoms with E-state index in [2.05, 4.69) is 200 Å². The van der Waals surface area contributed by atoms with Crippen LogP contribution >= 0.6 is 0 Å². The highest BCUT2D eigenvalue weighted by Gasteiger charge is 2.43. The molecule has 0 saturated heterocycles. The van der Waals surface area contributed by atoms with Crippen molar-refractivity contribution in [2.75, 3.05) is 0 Å². The standard InChI is InChI=1S/C56H40BN5O/c1-31-15-11-16-32(2)47(31)55-59-49-52-41(30-39-38-29-33(56(3,4)5)27-28-46(38)63-53(39)49)57-40-22-13-23-42-51(40)61(44-25-14-26-45(48(44)57)62(52)55)54(58-42)37-21-12-20-36-35-19-9-10-24-43(35)60(50(36)37)34-17-7-6-8-18-34/h6-30H,1-5H3. The maximum absolute atomic E-state index is 6.89. The van der Waals surface area contributed by atoms with Crippen LogP contribution in [0.15, 0.2) is 156 Å². The van der Waals surface area contributed by atoms with Gasteiger partial charge in [-0.3, -0.25) is 9.13 Å². The van der Waals surface area contributed by atoms with Gasteiger partial charge in [-0.1, -0.05) is 118 Å². The monoisotopic (exact) mass is 809 g/mol. The minimum absolute atomic E-state index is 0.0178. The van der Waals surface area contributed by atoms with Crippen LogP contribution in [0.1, 0.15) is 37.5 Å². The number of benzene rings is 8. The quantitative estimate of drug-likeness (QED) is 0.167. The highest BCUT2D eigenvalue weighted by Crippen LogP contribution is 2.44. The van der Waals surface area contributed by atoms with Crippen LogP contribution < -0.4 is 16.4 Å². The molecule has 0 saturated carbocycles. The molecular weight excluding hydrogens is 769 g/mol. The second-order valence-electron chi connectivity index (χ2n) is 18.7. The topological polar surface area (TPSA) is 53.7 Å². The average Bonchev–Trinajstić information content (AvgIpc) is 4.06. The van der Waals surface area contributed by atoms with Gasteiger partial charge in [0.1, 0.15) is 22.7 Å². The predicted octanol–water partition coefficient (Wildman–Crippen LogP) is 11.8. The van der Waals surface area contributed by atoms with Gasteiger partial charge in [-0.25, -0.2) is 9.97 Å². The zero-order valence-corrected chi connectivity index (χ0v) is 35.7. The molecule has 0 radical (unpaired) electrons. The summed E-state index contributed by atoms with van der Waals surface area (Å²) in [6.45, 7) is 11.2. The highest BCUT2D eigenvalue weighted by atomic mass is 16.3. The van der Waals surface area contributed by atoms with E-state index in [1.54, 1.807) is 0 Å². The Kier molecular flexibility index (Phi) is 6.69. The number of aromatic nitrogens is 5. The highest BCUT2D eigenvalue weighted by molar-refractivity contribution is 7.00. The van der Waals surface area contributed by atoms with Gasteiger partial charge in [0.05, 0.1) is 27.6 Å². The van der Waals surface area contributed by atoms with Crippen LogP contribution in [0, 0.1) is 13.8 Å². The van der Waals surface area contributed by atoms with Crippen LogP contribution in [-0.2, 0) is 5.41 Å². The van der Waals surface area contributed by atoms with E-state index in [1.807, 2.05) is 0 Å². The third-order valence-corrected chi connectivity index (χ3v) is 14.1. The Morgan fingerprint density at radius 1 is 0.540 bits per heavy atom. The molecule has 0 N–H and O–H groups in total. The third-order valence-electron chi connectivity index (χ3n) is 14.1. The van der Waals surface area contributed by atoms with E-state index in [9.17, 15) is 0 Å². The molecule has 4 aromatic heterocycles. The van der Waals surface area contributed by atoms with Crippen molar-refractivity contribution < 1.29 is 4.42 Å². The van der Waals surface area contributed by atoms with Crippen molar-refractivity contribution in [1.29, 1.82) is 0 Å². The zero-order chi connectivity index (χ0) is 42.0. The molecule has 0 aliphatic carbocycles. The Hall–Kier alpha value is -7.64. The zero-order valence-electron chi connectivity index (χ0n) is 35.7. The van der Waals surface area contributed by atoms with Crippen molar-refractivity contribution in [3.63, 3.8) is 0 Å². The largest absolute Gasteiger partial charge is 0.454 e. The first kappa shape index (κ1) is 35.0. The lowest BCUT2D eigenvalue weighted by Crippen LogP contribution is -2.59. The van der Waals surface area contributed by atoms with Gasteiger partial charge in [-0.2, -0.15) is 0 Å². The number of furan rings is 1. The molecule has 0 spiro atoms. The molecule has 12 aromatic rings. The number of hydrogen-bond acceptors (Lipinski definition) is 3. The summed E-state index contributed by atoms with van der Waals surface area (Å²) in [5.41, 5.74) is 21.2. The second kappa shape index (κ2) is 12.0. The molecule has 6 heterocycles. The minimum Gasteiger partial charge on any atom is -0.454 e. The minimum atomic E-state index is -0.0684. The number of para-hydroxylation sites is 4. The van der Waals surface area contributed by atoms with Gasteiger partial charge in [-0.05, 0) is 107 Å². The van der Waals surface area contributed by atoms with Crippen LogP contribution in [0.5, 0.6) is 0 Å². The lowest BCUT2D eigenvalue weighted by molar-refractivity contribution is 0.590. The molecule has 0 bridgehead atoms. The summed E-state index contributed by atoms with van der Waals surface area (Å²) in [4.78, 5) is 11.3. The van der Waals surface area contributed by atoms with E-state index in [0.717, 1.165) is 89.4 Å². The number of imidazole rings is 2. The van der Waals surface area contributed by atoms with Crippen LogP contribution in [0.25, 0.3) is 106 Å². The van der Waals surface area contributed by atoms with Gasteiger partial charge in [0.15, 0.2) is 5.58 Å². The summed E-state index contributed by atoms with van der Waals surface area (Å²) in [6.07, 6.45) is 0. The smallest absolute Gasteiger partial charge is 0.252 e. The third kappa shape index (κ3) is 4.48. The van der Waals surface area contributed by atoms with E-state index < -0.39 is 0 Å². The first-order valence-corrected chi connectivity index (χ1v) is 22.0. The summed E-state index contributed by atoms with van der Waals surface area (Å²) >= 11 is 0. The van der Waals surface area contributed by atoms with Crippen molar-refractivity contribution in [3.8, 4) is 39.8 Å². The van der Waals surface area contributed by atoms with E-state index in [1.165, 1.54) is 49.4 Å². The van der Waals surface area contributed by atoms with Gasteiger partial charge in [-0.15, -0.1) is 0 Å². The Balaban J connectivity index is 1.13. The summed E-state index contributed by atoms with van der Waals surface area (Å²) in [6, 6.07) is 55.4. The molecular formula is C56H40BN5O. The molecule has 0 amide bonds. The van der Waals surface area contributed by atoms with Crippen LogP contribution in [0.4, 0.5) is 0 Å². The Morgan fingerprint density at radius 2 is 1.25 bits per heavy atom. The van der Waals surface area contributed by atoms with Gasteiger partial charge >= 0.3 is 0 Å². The molecule has 6 nitrogen and oxygen atoms in total. The molecule has 0 unspecified atom stereocenters. The van der Waals surface area contributed by atoms with E-state index in [4.69, 9.17) is 14.4 Å². The van der Waals surface area contributed by atoms with Gasteiger partial charge in [0, 0.05) is 49.7 Å². The number of rotatable bonds is 3. The predicted molar refractivity (Wildman–Crippen MR) is 261 cm³/mol. The lowest BCUT2D eigenvalue weighted by Gasteiger charge is -2.33. The molecule has 63 heavy (non-hydrogen) atoms. The average molecular weight is 810 g/mol. The van der Waals surface area contributed by atoms with E-state index >= 15 is 0 Å². The molecule has 2 aliphatic heterocycles. The van der Waals surface area contributed by atoms with Crippen molar-refractivity contribution >= 4 is 88.9 Å². The lowest BCUT2D eigenvalue weighted by atomic mass is 9.34. The molecule has 14 rings (SSSR count). The van der Waals surface area contributed by atoms with E-state index in [-0.39, 0.29) is 12.1 Å². The Bertz CT molecular complexity index is 3970. The van der Waals surface area contributed by atoms with Gasteiger partial charge < -0.3 is 8.98 Å². The fourth-order valence-electron chi connectivity index (χ4n) is 11.3. The molecule has 8 aromatic carbocycles. The van der Waals surface area contributed by atoms with Crippen molar-refractivity contribution in [1.82, 2.24) is 23.7 Å². The maximum Gasteiger partial charge on any atom is 0.252 e. The maximum atomic E-state index is 6.89. The van der Waals surface area contributed by atoms with Gasteiger partial charge in [0.2, 0.25) is 0 Å². The number of fused-ring (bicyclic) bond motifs is 11.